The van der Waals surface area contributed by atoms with Crippen LogP contribution in [0, 0.1) is 13.8 Å². The fourth-order valence-corrected chi connectivity index (χ4v) is 4.41. The third kappa shape index (κ3) is 3.04. The van der Waals surface area contributed by atoms with E-state index in [-0.39, 0.29) is 5.91 Å². The number of amides is 1. The van der Waals surface area contributed by atoms with Gasteiger partial charge in [-0.25, -0.2) is 4.98 Å². The monoisotopic (exact) mass is 333 g/mol. The van der Waals surface area contributed by atoms with Crippen LogP contribution in [0.5, 0.6) is 0 Å². The first-order valence-electron chi connectivity index (χ1n) is 8.18. The van der Waals surface area contributed by atoms with Crippen LogP contribution < -0.4 is 0 Å². The fourth-order valence-electron chi connectivity index (χ4n) is 3.34. The molecule has 1 atom stereocenters. The van der Waals surface area contributed by atoms with E-state index >= 15 is 0 Å². The van der Waals surface area contributed by atoms with Gasteiger partial charge in [0.05, 0.1) is 16.4 Å². The molecule has 1 aliphatic carbocycles. The van der Waals surface area contributed by atoms with E-state index in [0.29, 0.717) is 35.9 Å². The smallest absolute Gasteiger partial charge is 0.259 e. The Balaban J connectivity index is 1.78. The van der Waals surface area contributed by atoms with Crippen LogP contribution in [0.4, 0.5) is 0 Å². The second kappa shape index (κ2) is 6.43. The Morgan fingerprint density at radius 3 is 2.96 bits per heavy atom. The van der Waals surface area contributed by atoms with E-state index in [1.54, 1.807) is 16.2 Å². The standard InChI is InChI=1S/C17H23N3O2S/c1-5-13-15(10(2)19-22-13)17(21)20(4)9-12-7-6-8-14-16(12)18-11(3)23-14/h12H,5-9H2,1-4H3. The molecular weight excluding hydrogens is 310 g/mol. The molecule has 5 nitrogen and oxygen atoms in total. The Kier molecular flexibility index (Phi) is 4.53. The molecule has 1 aliphatic rings. The number of nitrogens with zero attached hydrogens (tertiary/aromatic N) is 3. The van der Waals surface area contributed by atoms with Gasteiger partial charge in [0.25, 0.3) is 5.91 Å². The van der Waals surface area contributed by atoms with Gasteiger partial charge in [0.1, 0.15) is 11.3 Å². The summed E-state index contributed by atoms with van der Waals surface area (Å²) >= 11 is 1.80. The molecule has 0 bridgehead atoms. The molecule has 0 spiro atoms. The highest BCUT2D eigenvalue weighted by molar-refractivity contribution is 7.11. The van der Waals surface area contributed by atoms with Gasteiger partial charge in [-0.1, -0.05) is 12.1 Å². The molecule has 0 aromatic carbocycles. The molecule has 124 valence electrons. The average molecular weight is 333 g/mol. The molecule has 0 aliphatic heterocycles. The second-order valence-electron chi connectivity index (χ2n) is 6.24. The van der Waals surface area contributed by atoms with Crippen LogP contribution in [-0.2, 0) is 12.8 Å². The summed E-state index contributed by atoms with van der Waals surface area (Å²) in [6.07, 6.45) is 4.07. The SMILES string of the molecule is CCc1onc(C)c1C(=O)N(C)CC1CCCc2sc(C)nc21. The molecule has 2 aromatic heterocycles. The third-order valence-electron chi connectivity index (χ3n) is 4.49. The summed E-state index contributed by atoms with van der Waals surface area (Å²) in [5.41, 5.74) is 2.50. The van der Waals surface area contributed by atoms with Crippen molar-refractivity contribution in [3.8, 4) is 0 Å². The van der Waals surface area contributed by atoms with E-state index in [4.69, 9.17) is 9.51 Å². The van der Waals surface area contributed by atoms with Crippen molar-refractivity contribution in [3.63, 3.8) is 0 Å². The molecule has 0 fully saturated rings. The van der Waals surface area contributed by atoms with Gasteiger partial charge in [-0.2, -0.15) is 0 Å². The molecular formula is C17H23N3O2S. The number of rotatable bonds is 4. The van der Waals surface area contributed by atoms with Gasteiger partial charge in [0.2, 0.25) is 0 Å². The molecule has 0 N–H and O–H groups in total. The Morgan fingerprint density at radius 2 is 2.22 bits per heavy atom. The molecule has 2 heterocycles. The summed E-state index contributed by atoms with van der Waals surface area (Å²) in [7, 11) is 1.86. The average Bonchev–Trinajstić information content (AvgIpc) is 3.08. The van der Waals surface area contributed by atoms with E-state index in [1.807, 2.05) is 20.9 Å². The summed E-state index contributed by atoms with van der Waals surface area (Å²) in [5, 5.41) is 5.07. The van der Waals surface area contributed by atoms with Crippen molar-refractivity contribution in [2.75, 3.05) is 13.6 Å². The summed E-state index contributed by atoms with van der Waals surface area (Å²) in [5.74, 6) is 1.01. The minimum Gasteiger partial charge on any atom is -0.360 e. The maximum Gasteiger partial charge on any atom is 0.259 e. The number of aromatic nitrogens is 2. The van der Waals surface area contributed by atoms with E-state index in [0.717, 1.165) is 17.8 Å². The zero-order chi connectivity index (χ0) is 16.6. The Morgan fingerprint density at radius 1 is 1.43 bits per heavy atom. The van der Waals surface area contributed by atoms with Crippen LogP contribution in [0.1, 0.15) is 63.1 Å². The third-order valence-corrected chi connectivity index (χ3v) is 5.53. The Bertz CT molecular complexity index is 719. The molecule has 0 saturated heterocycles. The van der Waals surface area contributed by atoms with Crippen molar-refractivity contribution >= 4 is 17.2 Å². The second-order valence-corrected chi connectivity index (χ2v) is 7.52. The quantitative estimate of drug-likeness (QED) is 0.859. The van der Waals surface area contributed by atoms with Crippen molar-refractivity contribution in [2.24, 2.45) is 0 Å². The van der Waals surface area contributed by atoms with Gasteiger partial charge >= 0.3 is 0 Å². The molecule has 0 saturated carbocycles. The van der Waals surface area contributed by atoms with Crippen molar-refractivity contribution < 1.29 is 9.32 Å². The number of likely N-dealkylation sites (N-methyl/N-ethyl adjacent to an activating group) is 1. The highest BCUT2D eigenvalue weighted by Gasteiger charge is 2.28. The lowest BCUT2D eigenvalue weighted by atomic mass is 9.90. The number of aryl methyl sites for hydroxylation is 4. The first-order valence-corrected chi connectivity index (χ1v) is 8.99. The minimum atomic E-state index is -0.000301. The first kappa shape index (κ1) is 16.2. The minimum absolute atomic E-state index is 0.000301. The maximum absolute atomic E-state index is 12.8. The highest BCUT2D eigenvalue weighted by Crippen LogP contribution is 2.35. The lowest BCUT2D eigenvalue weighted by Gasteiger charge is -2.26. The van der Waals surface area contributed by atoms with Crippen molar-refractivity contribution in [1.82, 2.24) is 15.0 Å². The van der Waals surface area contributed by atoms with Gasteiger partial charge < -0.3 is 9.42 Å². The zero-order valence-corrected chi connectivity index (χ0v) is 15.0. The molecule has 2 aromatic rings. The van der Waals surface area contributed by atoms with Crippen LogP contribution in [0.25, 0.3) is 0 Å². The van der Waals surface area contributed by atoms with Crippen molar-refractivity contribution in [2.45, 2.75) is 52.4 Å². The predicted octanol–water partition coefficient (Wildman–Crippen LogP) is 3.50. The number of hydrogen-bond acceptors (Lipinski definition) is 5. The number of hydrogen-bond donors (Lipinski definition) is 0. The molecule has 3 rings (SSSR count). The van der Waals surface area contributed by atoms with Crippen LogP contribution in [0.2, 0.25) is 0 Å². The summed E-state index contributed by atoms with van der Waals surface area (Å²) in [6.45, 7) is 6.56. The summed E-state index contributed by atoms with van der Waals surface area (Å²) in [4.78, 5) is 20.7. The lowest BCUT2D eigenvalue weighted by Crippen LogP contribution is -2.33. The summed E-state index contributed by atoms with van der Waals surface area (Å²) in [6, 6.07) is 0. The normalized spacial score (nSPS) is 17.1. The molecule has 6 heteroatoms. The Hall–Kier alpha value is -1.69. The van der Waals surface area contributed by atoms with Crippen molar-refractivity contribution in [3.05, 3.63) is 32.6 Å². The first-order chi connectivity index (χ1) is 11.0. The van der Waals surface area contributed by atoms with E-state index in [2.05, 4.69) is 12.1 Å². The molecule has 1 unspecified atom stereocenters. The lowest BCUT2D eigenvalue weighted by molar-refractivity contribution is 0.0780. The Labute approximate surface area is 140 Å². The fraction of sp³-hybridized carbons (Fsp3) is 0.588. The maximum atomic E-state index is 12.8. The number of fused-ring (bicyclic) bond motifs is 1. The van der Waals surface area contributed by atoms with Gasteiger partial charge in [0.15, 0.2) is 0 Å². The number of carbonyl (C=O) groups is 1. The van der Waals surface area contributed by atoms with Crippen LogP contribution >= 0.6 is 11.3 Å². The molecule has 23 heavy (non-hydrogen) atoms. The van der Waals surface area contributed by atoms with Gasteiger partial charge in [0, 0.05) is 30.8 Å². The van der Waals surface area contributed by atoms with Crippen LogP contribution in [0.15, 0.2) is 4.52 Å². The zero-order valence-electron chi connectivity index (χ0n) is 14.2. The number of carbonyl (C=O) groups excluding carboxylic acids is 1. The topological polar surface area (TPSA) is 59.2 Å². The molecule has 1 amide bonds. The van der Waals surface area contributed by atoms with E-state index in [1.165, 1.54) is 17.0 Å². The van der Waals surface area contributed by atoms with E-state index < -0.39 is 0 Å². The van der Waals surface area contributed by atoms with E-state index in [9.17, 15) is 4.79 Å². The highest BCUT2D eigenvalue weighted by atomic mass is 32.1. The predicted molar refractivity (Wildman–Crippen MR) is 90.1 cm³/mol. The van der Waals surface area contributed by atoms with Gasteiger partial charge in [-0.15, -0.1) is 11.3 Å². The van der Waals surface area contributed by atoms with Gasteiger partial charge in [-0.3, -0.25) is 4.79 Å². The summed E-state index contributed by atoms with van der Waals surface area (Å²) < 4.78 is 5.26. The van der Waals surface area contributed by atoms with Crippen molar-refractivity contribution in [1.29, 1.82) is 0 Å². The number of thiazole rings is 1. The van der Waals surface area contributed by atoms with Crippen LogP contribution in [-0.4, -0.2) is 34.5 Å². The molecule has 0 radical (unpaired) electrons. The van der Waals surface area contributed by atoms with Crippen LogP contribution in [0.3, 0.4) is 0 Å². The largest absolute Gasteiger partial charge is 0.360 e. The van der Waals surface area contributed by atoms with Gasteiger partial charge in [-0.05, 0) is 33.1 Å².